The summed E-state index contributed by atoms with van der Waals surface area (Å²) in [6, 6.07) is 0. The van der Waals surface area contributed by atoms with Gasteiger partial charge in [-0.3, -0.25) is 0 Å². The maximum absolute atomic E-state index is 12.4. The molecular weight excluding hydrogens is 716 g/mol. The Morgan fingerprint density at radius 1 is 0.709 bits per heavy atom. The first-order valence-corrected chi connectivity index (χ1v) is 20.9. The highest BCUT2D eigenvalue weighted by molar-refractivity contribution is 5.33. The van der Waals surface area contributed by atoms with Crippen molar-refractivity contribution in [3.63, 3.8) is 0 Å². The maximum atomic E-state index is 12.4. The molecule has 0 radical (unpaired) electrons. The van der Waals surface area contributed by atoms with Gasteiger partial charge in [-0.1, -0.05) is 27.7 Å². The predicted molar refractivity (Wildman–Crippen MR) is 194 cm³/mol. The Morgan fingerprint density at radius 2 is 1.42 bits per heavy atom. The van der Waals surface area contributed by atoms with E-state index in [1.54, 1.807) is 13.8 Å². The van der Waals surface area contributed by atoms with E-state index in [1.807, 2.05) is 0 Å². The average molecular weight is 785 g/mol. The van der Waals surface area contributed by atoms with E-state index in [-0.39, 0.29) is 52.1 Å². The molecule has 14 nitrogen and oxygen atoms in total. The molecule has 3 aliphatic heterocycles. The number of aliphatic hydroxyl groups excluding tert-OH is 8. The lowest BCUT2D eigenvalue weighted by Gasteiger charge is -2.64. The normalized spacial score (nSPS) is 58.7. The van der Waals surface area contributed by atoms with Crippen LogP contribution in [0.3, 0.4) is 0 Å². The minimum Gasteiger partial charge on any atom is -0.394 e. The molecule has 55 heavy (non-hydrogen) atoms. The van der Waals surface area contributed by atoms with Crippen LogP contribution < -0.4 is 0 Å². The van der Waals surface area contributed by atoms with Gasteiger partial charge in [0, 0.05) is 5.92 Å². The van der Waals surface area contributed by atoms with E-state index < -0.39 is 96.8 Å². The Bertz CT molecular complexity index is 1460. The summed E-state index contributed by atoms with van der Waals surface area (Å²) in [5.74, 6) is 0.0159. The van der Waals surface area contributed by atoms with E-state index in [4.69, 9.17) is 23.7 Å². The fourth-order valence-electron chi connectivity index (χ4n) is 14.9. The molecule has 3 heterocycles. The molecule has 2 spiro atoms. The quantitative estimate of drug-likeness (QED) is 0.162. The van der Waals surface area contributed by atoms with Crippen molar-refractivity contribution in [3.8, 4) is 0 Å². The summed E-state index contributed by atoms with van der Waals surface area (Å²) in [4.78, 5) is 0. The monoisotopic (exact) mass is 784 g/mol. The summed E-state index contributed by atoms with van der Waals surface area (Å²) in [6.45, 7) is 13.8. The molecule has 0 aromatic heterocycles. The average Bonchev–Trinajstić information content (AvgIpc) is 3.45. The van der Waals surface area contributed by atoms with Crippen molar-refractivity contribution in [1.29, 1.82) is 0 Å². The molecule has 0 amide bonds. The van der Waals surface area contributed by atoms with Crippen molar-refractivity contribution < 1.29 is 69.6 Å². The topological polar surface area (TPSA) is 228 Å². The van der Waals surface area contributed by atoms with Gasteiger partial charge in [-0.15, -0.1) is 0 Å². The number of fused-ring (bicyclic) bond motifs is 2. The third kappa shape index (κ3) is 5.70. The second kappa shape index (κ2) is 13.2. The number of hydrogen-bond acceptors (Lipinski definition) is 14. The highest BCUT2D eigenvalue weighted by Crippen LogP contribution is 2.89. The number of rotatable bonds is 7. The first-order valence-electron chi connectivity index (χ1n) is 20.9. The van der Waals surface area contributed by atoms with Crippen LogP contribution in [0.2, 0.25) is 0 Å². The van der Waals surface area contributed by atoms with Gasteiger partial charge in [0.15, 0.2) is 12.6 Å². The van der Waals surface area contributed by atoms with Crippen molar-refractivity contribution in [2.24, 2.45) is 44.8 Å². The summed E-state index contributed by atoms with van der Waals surface area (Å²) in [6.07, 6.45) is -7.87. The second-order valence-electron chi connectivity index (χ2n) is 21.1. The zero-order valence-corrected chi connectivity index (χ0v) is 33.6. The lowest BCUT2D eigenvalue weighted by Crippen LogP contribution is -2.64. The van der Waals surface area contributed by atoms with E-state index in [0.29, 0.717) is 19.3 Å². The zero-order chi connectivity index (χ0) is 40.1. The van der Waals surface area contributed by atoms with Gasteiger partial charge < -0.3 is 69.6 Å². The van der Waals surface area contributed by atoms with Gasteiger partial charge in [0.05, 0.1) is 48.8 Å². The number of aliphatic hydroxyl groups is 9. The van der Waals surface area contributed by atoms with Crippen LogP contribution in [0, 0.1) is 44.8 Å². The third-order valence-electron chi connectivity index (χ3n) is 17.6. The van der Waals surface area contributed by atoms with Crippen LogP contribution >= 0.6 is 0 Å². The van der Waals surface area contributed by atoms with E-state index in [1.165, 1.54) is 0 Å². The molecule has 8 aliphatic rings. The molecule has 0 bridgehead atoms. The van der Waals surface area contributed by atoms with Crippen molar-refractivity contribution in [1.82, 2.24) is 0 Å². The molecule has 5 saturated carbocycles. The second-order valence-corrected chi connectivity index (χ2v) is 21.1. The minimum absolute atomic E-state index is 0.0193. The number of ether oxygens (including phenoxy) is 5. The van der Waals surface area contributed by atoms with Crippen molar-refractivity contribution in [2.75, 3.05) is 13.2 Å². The SMILES string of the molecule is CC(C)(O)[C@H]1CC[C@@](C)([C@H]2[C@@H](O)C[C@]3(C)[C@H]4C[C@@H](O)[C@H]5C(C)(C)[C@H](O[C@H]6OC[C@H](O)[C@@H](O)[C@@H]6O[C@H]6O[C@@H](CO)[C@H](O)[C@@H](O)[C@@H]6O)CC[C@]56C[C@]46CC[C@@]23C)O1. The molecule has 0 aromatic rings. The summed E-state index contributed by atoms with van der Waals surface area (Å²) in [5.41, 5.74) is -2.64. The molecule has 0 unspecified atom stereocenters. The van der Waals surface area contributed by atoms with Gasteiger partial charge >= 0.3 is 0 Å². The minimum atomic E-state index is -1.72. The van der Waals surface area contributed by atoms with Crippen LogP contribution in [0.15, 0.2) is 0 Å². The Balaban J connectivity index is 1.02. The first kappa shape index (κ1) is 41.2. The fraction of sp³-hybridized carbons (Fsp3) is 1.00. The standard InChI is InChI=1S/C41H68O14/c1-35(2)24(53-34-30(26(46)21(45)17-51-34)54-33-29(49)28(48)27(47)22(16-42)52-33)9-11-41-18-40(41)13-12-37(5)32(39(7)10-8-25(55-39)36(3,4)50)20(44)15-38(37,6)23(40)14-19(43)31(35)41/h19-34,42-50H,8-18H2,1-7H3/t19-,20+,21+,22+,23-,24-,25-,26-,27+,28-,29+,30+,31+,32+,33-,34-,37+,38-,39+,40-,41+/m1/s1. The van der Waals surface area contributed by atoms with Gasteiger partial charge in [-0.05, 0) is 117 Å². The first-order chi connectivity index (χ1) is 25.5. The van der Waals surface area contributed by atoms with Crippen LogP contribution in [0.5, 0.6) is 0 Å². The highest BCUT2D eigenvalue weighted by Gasteiger charge is 2.85. The maximum Gasteiger partial charge on any atom is 0.187 e. The number of hydrogen-bond donors (Lipinski definition) is 9. The zero-order valence-electron chi connectivity index (χ0n) is 33.6. The van der Waals surface area contributed by atoms with Crippen LogP contribution in [0.1, 0.15) is 106 Å². The lowest BCUT2D eigenvalue weighted by molar-refractivity contribution is -0.366. The van der Waals surface area contributed by atoms with Gasteiger partial charge in [0.2, 0.25) is 0 Å². The molecule has 3 saturated heterocycles. The fourth-order valence-corrected chi connectivity index (χ4v) is 14.9. The molecule has 0 aromatic carbocycles. The predicted octanol–water partition coefficient (Wildman–Crippen LogP) is 0.724. The molecule has 14 heteroatoms. The van der Waals surface area contributed by atoms with E-state index in [2.05, 4.69) is 34.6 Å². The smallest absolute Gasteiger partial charge is 0.187 e. The van der Waals surface area contributed by atoms with Gasteiger partial charge in [-0.2, -0.15) is 0 Å². The van der Waals surface area contributed by atoms with E-state index >= 15 is 0 Å². The van der Waals surface area contributed by atoms with Crippen LogP contribution in [0.25, 0.3) is 0 Å². The molecule has 8 fully saturated rings. The molecular formula is C41H68O14. The lowest BCUT2D eigenvalue weighted by atomic mass is 9.41. The van der Waals surface area contributed by atoms with Crippen molar-refractivity contribution in [3.05, 3.63) is 0 Å². The Hall–Kier alpha value is -0.560. The Kier molecular flexibility index (Phi) is 9.90. The summed E-state index contributed by atoms with van der Waals surface area (Å²) in [5, 5.41) is 97.9. The van der Waals surface area contributed by atoms with E-state index in [0.717, 1.165) is 38.5 Å². The summed E-state index contributed by atoms with van der Waals surface area (Å²) in [7, 11) is 0. The molecule has 8 rings (SSSR count). The van der Waals surface area contributed by atoms with Crippen LogP contribution in [-0.2, 0) is 23.7 Å². The van der Waals surface area contributed by atoms with Crippen LogP contribution in [-0.4, -0.2) is 150 Å². The Morgan fingerprint density at radius 3 is 2.07 bits per heavy atom. The van der Waals surface area contributed by atoms with Crippen LogP contribution in [0.4, 0.5) is 0 Å². The van der Waals surface area contributed by atoms with Gasteiger partial charge in [0.1, 0.15) is 42.7 Å². The Labute approximate surface area is 324 Å². The summed E-state index contributed by atoms with van der Waals surface area (Å²) < 4.78 is 30.9. The molecule has 316 valence electrons. The molecule has 21 atom stereocenters. The third-order valence-corrected chi connectivity index (χ3v) is 17.6. The molecule has 5 aliphatic carbocycles. The summed E-state index contributed by atoms with van der Waals surface area (Å²) >= 11 is 0. The van der Waals surface area contributed by atoms with Gasteiger partial charge in [0.25, 0.3) is 0 Å². The highest BCUT2D eigenvalue weighted by atomic mass is 16.8. The molecule has 9 N–H and O–H groups in total. The largest absolute Gasteiger partial charge is 0.394 e. The van der Waals surface area contributed by atoms with Crippen molar-refractivity contribution in [2.45, 2.75) is 197 Å². The van der Waals surface area contributed by atoms with Crippen molar-refractivity contribution >= 4 is 0 Å². The van der Waals surface area contributed by atoms with Gasteiger partial charge in [-0.25, -0.2) is 0 Å². The van der Waals surface area contributed by atoms with E-state index in [9.17, 15) is 46.0 Å².